The van der Waals surface area contributed by atoms with Crippen LogP contribution in [0.5, 0.6) is 11.5 Å². The van der Waals surface area contributed by atoms with E-state index in [-0.39, 0.29) is 11.4 Å². The molecule has 5 nitrogen and oxygen atoms in total. The molecule has 0 fully saturated rings. The lowest BCUT2D eigenvalue weighted by Crippen LogP contribution is -2.25. The molecule has 2 amide bonds. The number of amides is 2. The van der Waals surface area contributed by atoms with Crippen molar-refractivity contribution in [3.63, 3.8) is 0 Å². The number of hydroxylamine groups is 1. The van der Waals surface area contributed by atoms with Gasteiger partial charge >= 0.3 is 12.2 Å². The van der Waals surface area contributed by atoms with Crippen molar-refractivity contribution in [1.82, 2.24) is 5.48 Å². The Hall–Kier alpha value is -3.26. The van der Waals surface area contributed by atoms with Crippen LogP contribution >= 0.6 is 0 Å². The molecular weight excluding hydrogens is 349 g/mol. The van der Waals surface area contributed by atoms with Crippen LogP contribution in [0.25, 0.3) is 10.8 Å². The van der Waals surface area contributed by atoms with Crippen LogP contribution < -0.4 is 15.5 Å². The number of fused-ring (bicyclic) bond motifs is 1. The van der Waals surface area contributed by atoms with Gasteiger partial charge in [-0.25, -0.2) is 10.3 Å². The number of carbonyl (C=O) groups is 1. The molecule has 0 spiro atoms. The minimum absolute atomic E-state index is 0.144. The van der Waals surface area contributed by atoms with Gasteiger partial charge in [0.15, 0.2) is 0 Å². The zero-order valence-corrected chi connectivity index (χ0v) is 13.2. The number of carbonyl (C=O) groups excluding carboxylic acids is 1. The van der Waals surface area contributed by atoms with E-state index < -0.39 is 23.5 Å². The van der Waals surface area contributed by atoms with Crippen LogP contribution in [0.3, 0.4) is 0 Å². The van der Waals surface area contributed by atoms with Gasteiger partial charge in [0.1, 0.15) is 17.1 Å². The normalized spacial score (nSPS) is 11.2. The topological polar surface area (TPSA) is 70.6 Å². The lowest BCUT2D eigenvalue weighted by atomic mass is 10.1. The van der Waals surface area contributed by atoms with Crippen molar-refractivity contribution in [2.75, 3.05) is 5.32 Å². The predicted octanol–water partition coefficient (Wildman–Crippen LogP) is 5.16. The second kappa shape index (κ2) is 6.93. The quantitative estimate of drug-likeness (QED) is 0.445. The molecule has 3 aromatic rings. The molecule has 8 heteroatoms. The summed E-state index contributed by atoms with van der Waals surface area (Å²) < 4.78 is 45.5. The first kappa shape index (κ1) is 17.6. The number of rotatable bonds is 3. The van der Waals surface area contributed by atoms with Crippen LogP contribution in [0.2, 0.25) is 0 Å². The monoisotopic (exact) mass is 362 g/mol. The molecule has 0 heterocycles. The fraction of sp³-hybridized carbons (Fsp3) is 0.0556. The molecule has 0 radical (unpaired) electrons. The smallest absolute Gasteiger partial charge is 0.420 e. The number of hydrogen-bond donors (Lipinski definition) is 3. The average molecular weight is 362 g/mol. The van der Waals surface area contributed by atoms with Gasteiger partial charge in [0.2, 0.25) is 0 Å². The standard InChI is InChI=1S/C18H13F3N2O3/c19-18(20,21)15-10-13(22-17(24)23-25)6-8-16(15)26-14-7-5-11-3-1-2-4-12(11)9-14/h1-10,25H,(H2,22,23,24). The van der Waals surface area contributed by atoms with E-state index in [0.29, 0.717) is 0 Å². The summed E-state index contributed by atoms with van der Waals surface area (Å²) in [4.78, 5) is 11.1. The van der Waals surface area contributed by atoms with Crippen molar-refractivity contribution in [3.05, 3.63) is 66.2 Å². The van der Waals surface area contributed by atoms with Crippen molar-refractivity contribution in [2.24, 2.45) is 0 Å². The van der Waals surface area contributed by atoms with Gasteiger partial charge in [0.05, 0.1) is 0 Å². The number of ether oxygens (including phenoxy) is 1. The summed E-state index contributed by atoms with van der Waals surface area (Å²) in [5.41, 5.74) is 0.0825. The Morgan fingerprint density at radius 3 is 2.38 bits per heavy atom. The summed E-state index contributed by atoms with van der Waals surface area (Å²) >= 11 is 0. The van der Waals surface area contributed by atoms with Crippen molar-refractivity contribution < 1.29 is 27.9 Å². The van der Waals surface area contributed by atoms with Crippen LogP contribution in [0.15, 0.2) is 60.7 Å². The minimum Gasteiger partial charge on any atom is -0.457 e. The number of nitrogens with one attached hydrogen (secondary N) is 2. The van der Waals surface area contributed by atoms with Crippen LogP contribution in [0.1, 0.15) is 5.56 Å². The van der Waals surface area contributed by atoms with Crippen LogP contribution in [0, 0.1) is 0 Å². The molecule has 0 atom stereocenters. The molecule has 26 heavy (non-hydrogen) atoms. The fourth-order valence-electron chi connectivity index (χ4n) is 2.44. The van der Waals surface area contributed by atoms with Crippen LogP contribution in [-0.4, -0.2) is 11.2 Å². The molecule has 0 unspecified atom stereocenters. The van der Waals surface area contributed by atoms with Crippen molar-refractivity contribution in [3.8, 4) is 11.5 Å². The fourth-order valence-corrected chi connectivity index (χ4v) is 2.44. The molecule has 0 saturated heterocycles. The third kappa shape index (κ3) is 3.86. The highest BCUT2D eigenvalue weighted by Crippen LogP contribution is 2.40. The van der Waals surface area contributed by atoms with Gasteiger partial charge in [-0.05, 0) is 41.1 Å². The van der Waals surface area contributed by atoms with Crippen LogP contribution in [0.4, 0.5) is 23.7 Å². The number of hydrogen-bond acceptors (Lipinski definition) is 3. The largest absolute Gasteiger partial charge is 0.457 e. The molecule has 0 aliphatic rings. The maximum absolute atomic E-state index is 13.3. The van der Waals surface area contributed by atoms with E-state index in [2.05, 4.69) is 5.32 Å². The first-order valence-corrected chi connectivity index (χ1v) is 7.46. The molecule has 134 valence electrons. The van der Waals surface area contributed by atoms with Crippen LogP contribution in [-0.2, 0) is 6.18 Å². The van der Waals surface area contributed by atoms with E-state index in [1.807, 2.05) is 24.3 Å². The third-order valence-electron chi connectivity index (χ3n) is 3.59. The van der Waals surface area contributed by atoms with Crippen molar-refractivity contribution in [1.29, 1.82) is 0 Å². The summed E-state index contributed by atoms with van der Waals surface area (Å²) in [6, 6.07) is 14.4. The number of halogens is 3. The van der Waals surface area contributed by atoms with Crippen molar-refractivity contribution in [2.45, 2.75) is 6.18 Å². The van der Waals surface area contributed by atoms with E-state index in [1.165, 1.54) is 11.5 Å². The summed E-state index contributed by atoms with van der Waals surface area (Å²) in [6.07, 6.45) is -4.69. The lowest BCUT2D eigenvalue weighted by molar-refractivity contribution is -0.138. The Balaban J connectivity index is 1.95. The highest BCUT2D eigenvalue weighted by atomic mass is 19.4. The second-order valence-corrected chi connectivity index (χ2v) is 5.39. The molecule has 3 rings (SSSR count). The Labute approximate surface area is 146 Å². The second-order valence-electron chi connectivity index (χ2n) is 5.39. The summed E-state index contributed by atoms with van der Waals surface area (Å²) in [6.45, 7) is 0. The van der Waals surface area contributed by atoms with Crippen molar-refractivity contribution >= 4 is 22.5 Å². The van der Waals surface area contributed by atoms with Gasteiger partial charge in [-0.15, -0.1) is 0 Å². The molecule has 3 N–H and O–H groups in total. The molecule has 0 aliphatic carbocycles. The van der Waals surface area contributed by atoms with E-state index in [4.69, 9.17) is 9.94 Å². The van der Waals surface area contributed by atoms with E-state index in [9.17, 15) is 18.0 Å². The van der Waals surface area contributed by atoms with Gasteiger partial charge in [0, 0.05) is 5.69 Å². The molecular formula is C18H13F3N2O3. The van der Waals surface area contributed by atoms with Gasteiger partial charge < -0.3 is 10.1 Å². The number of benzene rings is 3. The molecule has 0 aliphatic heterocycles. The van der Waals surface area contributed by atoms with E-state index in [1.54, 1.807) is 18.2 Å². The Morgan fingerprint density at radius 2 is 1.69 bits per heavy atom. The van der Waals surface area contributed by atoms with E-state index >= 15 is 0 Å². The zero-order valence-electron chi connectivity index (χ0n) is 13.2. The van der Waals surface area contributed by atoms with Gasteiger partial charge in [-0.2, -0.15) is 13.2 Å². The zero-order chi connectivity index (χ0) is 18.7. The molecule has 3 aromatic carbocycles. The van der Waals surface area contributed by atoms with Gasteiger partial charge in [0.25, 0.3) is 0 Å². The highest BCUT2D eigenvalue weighted by Gasteiger charge is 2.35. The van der Waals surface area contributed by atoms with Gasteiger partial charge in [-0.1, -0.05) is 30.3 Å². The number of urea groups is 1. The van der Waals surface area contributed by atoms with E-state index in [0.717, 1.165) is 22.9 Å². The number of alkyl halides is 3. The highest BCUT2D eigenvalue weighted by molar-refractivity contribution is 5.88. The summed E-state index contributed by atoms with van der Waals surface area (Å²) in [7, 11) is 0. The Morgan fingerprint density at radius 1 is 0.962 bits per heavy atom. The van der Waals surface area contributed by atoms with Gasteiger partial charge in [-0.3, -0.25) is 5.21 Å². The lowest BCUT2D eigenvalue weighted by Gasteiger charge is -2.15. The number of anilines is 1. The first-order chi connectivity index (χ1) is 12.4. The third-order valence-corrected chi connectivity index (χ3v) is 3.59. The Bertz CT molecular complexity index is 958. The molecule has 0 saturated carbocycles. The summed E-state index contributed by atoms with van der Waals surface area (Å²) in [5.74, 6) is -0.147. The molecule has 0 aromatic heterocycles. The Kier molecular flexibility index (Phi) is 4.68. The molecule has 0 bridgehead atoms. The predicted molar refractivity (Wildman–Crippen MR) is 89.4 cm³/mol. The summed E-state index contributed by atoms with van der Waals surface area (Å²) in [5, 5.41) is 12.3. The maximum Gasteiger partial charge on any atom is 0.420 e. The first-order valence-electron chi connectivity index (χ1n) is 7.46. The average Bonchev–Trinajstić information content (AvgIpc) is 2.62. The minimum atomic E-state index is -4.69. The maximum atomic E-state index is 13.3. The SMILES string of the molecule is O=C(NO)Nc1ccc(Oc2ccc3ccccc3c2)c(C(F)(F)F)c1.